The first-order valence-corrected chi connectivity index (χ1v) is 6.12. The van der Waals surface area contributed by atoms with E-state index >= 15 is 0 Å². The van der Waals surface area contributed by atoms with Gasteiger partial charge in [0.25, 0.3) is 0 Å². The van der Waals surface area contributed by atoms with E-state index in [0.29, 0.717) is 23.8 Å². The molecule has 0 fully saturated rings. The maximum atomic E-state index is 9.22. The lowest BCUT2D eigenvalue weighted by Gasteiger charge is -2.24. The van der Waals surface area contributed by atoms with Crippen LogP contribution < -0.4 is 19.5 Å². The first-order valence-electron chi connectivity index (χ1n) is 6.12. The van der Waals surface area contributed by atoms with Crippen LogP contribution in [0.5, 0.6) is 17.2 Å². The summed E-state index contributed by atoms with van der Waals surface area (Å²) in [4.78, 5) is 0. The predicted octanol–water partition coefficient (Wildman–Crippen LogP) is 1.57. The van der Waals surface area contributed by atoms with Crippen LogP contribution in [0.3, 0.4) is 0 Å². The molecule has 1 aromatic carbocycles. The number of benzene rings is 1. The van der Waals surface area contributed by atoms with E-state index in [0.717, 1.165) is 5.56 Å². The van der Waals surface area contributed by atoms with Crippen molar-refractivity contribution in [1.82, 2.24) is 5.32 Å². The number of ether oxygens (including phenoxy) is 3. The van der Waals surface area contributed by atoms with E-state index in [9.17, 15) is 5.11 Å². The smallest absolute Gasteiger partial charge is 0.203 e. The van der Waals surface area contributed by atoms with Crippen LogP contribution in [-0.2, 0) is 6.54 Å². The Hall–Kier alpha value is -1.46. The van der Waals surface area contributed by atoms with Crippen molar-refractivity contribution in [3.05, 3.63) is 17.7 Å². The van der Waals surface area contributed by atoms with E-state index in [-0.39, 0.29) is 12.1 Å². The van der Waals surface area contributed by atoms with E-state index in [2.05, 4.69) is 5.32 Å². The Morgan fingerprint density at radius 2 is 1.58 bits per heavy atom. The lowest BCUT2D eigenvalue weighted by atomic mass is 10.1. The molecule has 108 valence electrons. The minimum Gasteiger partial charge on any atom is -0.493 e. The van der Waals surface area contributed by atoms with E-state index in [1.807, 2.05) is 26.0 Å². The maximum Gasteiger partial charge on any atom is 0.203 e. The molecule has 0 amide bonds. The van der Waals surface area contributed by atoms with E-state index < -0.39 is 0 Å². The Morgan fingerprint density at radius 3 is 1.95 bits per heavy atom. The fraction of sp³-hybridized carbons (Fsp3) is 0.571. The van der Waals surface area contributed by atoms with Gasteiger partial charge in [-0.15, -0.1) is 0 Å². The van der Waals surface area contributed by atoms with Gasteiger partial charge in [0.15, 0.2) is 11.5 Å². The topological polar surface area (TPSA) is 60.0 Å². The molecule has 0 saturated carbocycles. The molecule has 0 unspecified atom stereocenters. The lowest BCUT2D eigenvalue weighted by molar-refractivity contribution is 0.187. The quantitative estimate of drug-likeness (QED) is 0.787. The van der Waals surface area contributed by atoms with Gasteiger partial charge in [0.2, 0.25) is 5.75 Å². The summed E-state index contributed by atoms with van der Waals surface area (Å²) in [6, 6.07) is 3.78. The SMILES string of the molecule is COc1cc(CNC(C)(C)CO)cc(OC)c1OC. The molecule has 1 aromatic rings. The van der Waals surface area contributed by atoms with Crippen LogP contribution in [0.25, 0.3) is 0 Å². The number of hydrogen-bond donors (Lipinski definition) is 2. The van der Waals surface area contributed by atoms with Gasteiger partial charge in [-0.3, -0.25) is 0 Å². The van der Waals surface area contributed by atoms with Gasteiger partial charge in [-0.25, -0.2) is 0 Å². The summed E-state index contributed by atoms with van der Waals surface area (Å²) in [6.07, 6.45) is 0. The van der Waals surface area contributed by atoms with Crippen molar-refractivity contribution < 1.29 is 19.3 Å². The average molecular weight is 269 g/mol. The molecule has 0 aromatic heterocycles. The van der Waals surface area contributed by atoms with Crippen molar-refractivity contribution in [2.24, 2.45) is 0 Å². The Balaban J connectivity index is 2.97. The van der Waals surface area contributed by atoms with Gasteiger partial charge in [-0.1, -0.05) is 0 Å². The normalized spacial score (nSPS) is 11.3. The van der Waals surface area contributed by atoms with Gasteiger partial charge >= 0.3 is 0 Å². The summed E-state index contributed by atoms with van der Waals surface area (Å²) >= 11 is 0. The van der Waals surface area contributed by atoms with Crippen molar-refractivity contribution in [2.75, 3.05) is 27.9 Å². The van der Waals surface area contributed by atoms with Crippen molar-refractivity contribution in [3.63, 3.8) is 0 Å². The highest BCUT2D eigenvalue weighted by Crippen LogP contribution is 2.38. The summed E-state index contributed by atoms with van der Waals surface area (Å²) in [7, 11) is 4.76. The van der Waals surface area contributed by atoms with Gasteiger partial charge in [0, 0.05) is 12.1 Å². The van der Waals surface area contributed by atoms with Crippen molar-refractivity contribution in [1.29, 1.82) is 0 Å². The van der Waals surface area contributed by atoms with Gasteiger partial charge in [-0.2, -0.15) is 0 Å². The number of nitrogens with one attached hydrogen (secondary N) is 1. The molecule has 0 aliphatic carbocycles. The van der Waals surface area contributed by atoms with Crippen LogP contribution in [0.4, 0.5) is 0 Å². The molecule has 5 heteroatoms. The average Bonchev–Trinajstić information content (AvgIpc) is 2.43. The fourth-order valence-electron chi connectivity index (χ4n) is 1.63. The summed E-state index contributed by atoms with van der Waals surface area (Å²) in [5.41, 5.74) is 0.663. The molecule has 0 aliphatic rings. The molecular weight excluding hydrogens is 246 g/mol. The third-order valence-electron chi connectivity index (χ3n) is 2.89. The molecular formula is C14H23NO4. The van der Waals surface area contributed by atoms with Gasteiger partial charge in [0.05, 0.1) is 27.9 Å². The minimum absolute atomic E-state index is 0.0669. The zero-order valence-electron chi connectivity index (χ0n) is 12.2. The van der Waals surface area contributed by atoms with Crippen LogP contribution in [0.2, 0.25) is 0 Å². The number of aliphatic hydroxyl groups excluding tert-OH is 1. The standard InChI is InChI=1S/C14H23NO4/c1-14(2,9-16)15-8-10-6-11(17-3)13(19-5)12(7-10)18-4/h6-7,15-16H,8-9H2,1-5H3. The van der Waals surface area contributed by atoms with Crippen LogP contribution in [0.1, 0.15) is 19.4 Å². The van der Waals surface area contributed by atoms with Gasteiger partial charge in [-0.05, 0) is 31.5 Å². The number of rotatable bonds is 7. The lowest BCUT2D eigenvalue weighted by Crippen LogP contribution is -2.42. The summed E-state index contributed by atoms with van der Waals surface area (Å²) in [5, 5.41) is 12.5. The molecule has 0 spiro atoms. The molecule has 0 atom stereocenters. The molecule has 5 nitrogen and oxygen atoms in total. The molecule has 0 aliphatic heterocycles. The van der Waals surface area contributed by atoms with Gasteiger partial charge < -0.3 is 24.6 Å². The monoisotopic (exact) mass is 269 g/mol. The molecule has 19 heavy (non-hydrogen) atoms. The van der Waals surface area contributed by atoms with Crippen LogP contribution in [-0.4, -0.2) is 38.6 Å². The Kier molecular flexibility index (Phi) is 5.44. The largest absolute Gasteiger partial charge is 0.493 e. The fourth-order valence-corrected chi connectivity index (χ4v) is 1.63. The van der Waals surface area contributed by atoms with E-state index in [4.69, 9.17) is 14.2 Å². The minimum atomic E-state index is -0.333. The van der Waals surface area contributed by atoms with Crippen LogP contribution in [0, 0.1) is 0 Å². The molecule has 2 N–H and O–H groups in total. The van der Waals surface area contributed by atoms with Crippen molar-refractivity contribution in [3.8, 4) is 17.2 Å². The third kappa shape index (κ3) is 4.01. The van der Waals surface area contributed by atoms with Crippen molar-refractivity contribution in [2.45, 2.75) is 25.9 Å². The summed E-state index contributed by atoms with van der Waals surface area (Å²) < 4.78 is 15.9. The number of hydrogen-bond acceptors (Lipinski definition) is 5. The second-order valence-corrected chi connectivity index (χ2v) is 4.93. The Bertz CT molecular complexity index is 393. The van der Waals surface area contributed by atoms with Crippen LogP contribution in [0.15, 0.2) is 12.1 Å². The molecule has 0 saturated heterocycles. The molecule has 0 heterocycles. The zero-order chi connectivity index (χ0) is 14.5. The molecule has 0 radical (unpaired) electrons. The van der Waals surface area contributed by atoms with E-state index in [1.54, 1.807) is 21.3 Å². The second kappa shape index (κ2) is 6.63. The summed E-state index contributed by atoms with van der Waals surface area (Å²) in [5.74, 6) is 1.83. The van der Waals surface area contributed by atoms with Crippen molar-refractivity contribution >= 4 is 0 Å². The maximum absolute atomic E-state index is 9.22. The molecule has 1 rings (SSSR count). The van der Waals surface area contributed by atoms with Crippen LogP contribution >= 0.6 is 0 Å². The number of methoxy groups -OCH3 is 3. The first kappa shape index (κ1) is 15.6. The van der Waals surface area contributed by atoms with Gasteiger partial charge in [0.1, 0.15) is 0 Å². The Morgan fingerprint density at radius 1 is 1.05 bits per heavy atom. The first-order chi connectivity index (χ1) is 8.97. The number of aliphatic hydroxyl groups is 1. The second-order valence-electron chi connectivity index (χ2n) is 4.93. The zero-order valence-corrected chi connectivity index (χ0v) is 12.2. The highest BCUT2D eigenvalue weighted by atomic mass is 16.5. The Labute approximate surface area is 114 Å². The highest BCUT2D eigenvalue weighted by molar-refractivity contribution is 5.53. The molecule has 0 bridgehead atoms. The predicted molar refractivity (Wildman–Crippen MR) is 74.1 cm³/mol. The highest BCUT2D eigenvalue weighted by Gasteiger charge is 2.17. The van der Waals surface area contributed by atoms with E-state index in [1.165, 1.54) is 0 Å². The summed E-state index contributed by atoms with van der Waals surface area (Å²) in [6.45, 7) is 4.54. The third-order valence-corrected chi connectivity index (χ3v) is 2.89.